The number of hydrogen-bond acceptors (Lipinski definition) is 6. The molecule has 0 rings (SSSR count). The highest BCUT2D eigenvalue weighted by Gasteiger charge is 2.11. The Morgan fingerprint density at radius 3 is 1.62 bits per heavy atom. The molecule has 0 bridgehead atoms. The van der Waals surface area contributed by atoms with Crippen molar-refractivity contribution in [3.05, 3.63) is 20.9 Å². The summed E-state index contributed by atoms with van der Waals surface area (Å²) in [6, 6.07) is 0. The molecule has 10 heteroatoms. The summed E-state index contributed by atoms with van der Waals surface area (Å²) < 4.78 is 9.65. The first-order valence-corrected chi connectivity index (χ1v) is 6.53. The molecular weight excluding hydrogens is 280 g/mol. The predicted octanol–water partition coefficient (Wildman–Crippen LogP) is 2.64. The van der Waals surface area contributed by atoms with Gasteiger partial charge in [0, 0.05) is 22.9 Å². The molecule has 0 aliphatic rings. The standard InChI is InChI=1S/C11H18N6O4/c12-16-14-5-1-3-7-20-10(18)9-11(19)21-8-4-2-6-15-17-13/h1-9H2. The highest BCUT2D eigenvalue weighted by molar-refractivity contribution is 5.91. The van der Waals surface area contributed by atoms with Gasteiger partial charge in [-0.3, -0.25) is 9.59 Å². The molecule has 0 fully saturated rings. The van der Waals surface area contributed by atoms with Crippen molar-refractivity contribution in [1.29, 1.82) is 0 Å². The Balaban J connectivity index is 3.49. The van der Waals surface area contributed by atoms with Crippen LogP contribution < -0.4 is 0 Å². The minimum Gasteiger partial charge on any atom is -0.465 e. The van der Waals surface area contributed by atoms with E-state index in [1.807, 2.05) is 0 Å². The minimum absolute atomic E-state index is 0.180. The molecule has 0 amide bonds. The van der Waals surface area contributed by atoms with E-state index in [0.717, 1.165) is 0 Å². The number of esters is 2. The third-order valence-electron chi connectivity index (χ3n) is 2.25. The number of hydrogen-bond donors (Lipinski definition) is 0. The summed E-state index contributed by atoms with van der Waals surface area (Å²) in [6.07, 6.45) is 1.95. The van der Waals surface area contributed by atoms with Gasteiger partial charge >= 0.3 is 11.9 Å². The van der Waals surface area contributed by atoms with Crippen molar-refractivity contribution in [2.45, 2.75) is 32.1 Å². The molecule has 0 unspecified atom stereocenters. The van der Waals surface area contributed by atoms with Crippen LogP contribution in [-0.2, 0) is 19.1 Å². The van der Waals surface area contributed by atoms with E-state index in [-0.39, 0.29) is 13.2 Å². The van der Waals surface area contributed by atoms with Gasteiger partial charge in [0.05, 0.1) is 13.2 Å². The molecule has 0 heterocycles. The fraction of sp³-hybridized carbons (Fsp3) is 0.818. The van der Waals surface area contributed by atoms with Crippen molar-refractivity contribution in [2.24, 2.45) is 10.2 Å². The Kier molecular flexibility index (Phi) is 12.4. The van der Waals surface area contributed by atoms with Gasteiger partial charge in [0.1, 0.15) is 6.42 Å². The van der Waals surface area contributed by atoms with Crippen LogP contribution in [0.3, 0.4) is 0 Å². The average Bonchev–Trinajstić information content (AvgIpc) is 2.46. The van der Waals surface area contributed by atoms with Gasteiger partial charge < -0.3 is 9.47 Å². The Morgan fingerprint density at radius 2 is 1.24 bits per heavy atom. The molecule has 0 N–H and O–H groups in total. The van der Waals surface area contributed by atoms with Crippen LogP contribution in [0.1, 0.15) is 32.1 Å². The second-order valence-corrected chi connectivity index (χ2v) is 3.94. The molecular formula is C11H18N6O4. The normalized spacial score (nSPS) is 9.14. The number of ether oxygens (including phenoxy) is 2. The van der Waals surface area contributed by atoms with Gasteiger partial charge in [-0.2, -0.15) is 0 Å². The summed E-state index contributed by atoms with van der Waals surface area (Å²) in [6.45, 7) is 1.07. The highest BCUT2D eigenvalue weighted by atomic mass is 16.6. The molecule has 116 valence electrons. The van der Waals surface area contributed by atoms with E-state index in [4.69, 9.17) is 20.5 Å². The molecule has 21 heavy (non-hydrogen) atoms. The molecule has 0 saturated heterocycles. The Morgan fingerprint density at radius 1 is 0.810 bits per heavy atom. The van der Waals surface area contributed by atoms with Crippen LogP contribution in [0.25, 0.3) is 20.9 Å². The van der Waals surface area contributed by atoms with E-state index in [9.17, 15) is 9.59 Å². The van der Waals surface area contributed by atoms with Gasteiger partial charge in [-0.1, -0.05) is 10.2 Å². The van der Waals surface area contributed by atoms with Crippen LogP contribution in [0.5, 0.6) is 0 Å². The van der Waals surface area contributed by atoms with Crippen molar-refractivity contribution < 1.29 is 19.1 Å². The number of rotatable bonds is 12. The number of azide groups is 2. The maximum atomic E-state index is 11.3. The number of unbranched alkanes of at least 4 members (excludes halogenated alkanes) is 2. The third kappa shape index (κ3) is 13.8. The van der Waals surface area contributed by atoms with Crippen molar-refractivity contribution in [3.63, 3.8) is 0 Å². The van der Waals surface area contributed by atoms with E-state index in [1.165, 1.54) is 0 Å². The highest BCUT2D eigenvalue weighted by Crippen LogP contribution is 1.97. The SMILES string of the molecule is [N-]=[N+]=NCCCCOC(=O)CC(=O)OCCCCN=[N+]=[N-]. The van der Waals surface area contributed by atoms with Gasteiger partial charge in [-0.15, -0.1) is 0 Å². The second kappa shape index (κ2) is 14.0. The molecule has 0 aromatic carbocycles. The maximum absolute atomic E-state index is 11.3. The van der Waals surface area contributed by atoms with Crippen molar-refractivity contribution >= 4 is 11.9 Å². The summed E-state index contributed by atoms with van der Waals surface area (Å²) in [4.78, 5) is 27.7. The van der Waals surface area contributed by atoms with Crippen molar-refractivity contribution in [1.82, 2.24) is 0 Å². The summed E-state index contributed by atoms with van der Waals surface area (Å²) >= 11 is 0. The zero-order valence-electron chi connectivity index (χ0n) is 11.7. The first-order valence-electron chi connectivity index (χ1n) is 6.53. The van der Waals surface area contributed by atoms with Gasteiger partial charge in [0.15, 0.2) is 0 Å². The molecule has 0 atom stereocenters. The first-order chi connectivity index (χ1) is 10.2. The number of carbonyl (C=O) groups excluding carboxylic acids is 2. The Bertz CT molecular complexity index is 377. The largest absolute Gasteiger partial charge is 0.465 e. The quantitative estimate of drug-likeness (QED) is 0.136. The van der Waals surface area contributed by atoms with Crippen LogP contribution in [0.15, 0.2) is 10.2 Å². The van der Waals surface area contributed by atoms with E-state index < -0.39 is 18.4 Å². The molecule has 0 spiro atoms. The fourth-order valence-electron chi connectivity index (χ4n) is 1.25. The number of carbonyl (C=O) groups is 2. The maximum Gasteiger partial charge on any atom is 0.317 e. The minimum atomic E-state index is -0.641. The summed E-state index contributed by atoms with van der Waals surface area (Å²) in [5.41, 5.74) is 16.1. The summed E-state index contributed by atoms with van der Waals surface area (Å²) in [7, 11) is 0. The topological polar surface area (TPSA) is 150 Å². The smallest absolute Gasteiger partial charge is 0.317 e. The zero-order chi connectivity index (χ0) is 15.8. The second-order valence-electron chi connectivity index (χ2n) is 3.94. The molecule has 10 nitrogen and oxygen atoms in total. The van der Waals surface area contributed by atoms with Crippen LogP contribution in [-0.4, -0.2) is 38.2 Å². The van der Waals surface area contributed by atoms with E-state index in [2.05, 4.69) is 20.1 Å². The van der Waals surface area contributed by atoms with Crippen LogP contribution in [0, 0.1) is 0 Å². The lowest BCUT2D eigenvalue weighted by Crippen LogP contribution is -2.15. The van der Waals surface area contributed by atoms with Crippen LogP contribution >= 0.6 is 0 Å². The van der Waals surface area contributed by atoms with E-state index in [1.54, 1.807) is 0 Å². The number of nitrogens with zero attached hydrogens (tertiary/aromatic N) is 6. The van der Waals surface area contributed by atoms with Crippen molar-refractivity contribution in [2.75, 3.05) is 26.3 Å². The Labute approximate surface area is 121 Å². The lowest BCUT2D eigenvalue weighted by molar-refractivity contribution is -0.154. The molecule has 0 aliphatic carbocycles. The lowest BCUT2D eigenvalue weighted by Gasteiger charge is -2.05. The lowest BCUT2D eigenvalue weighted by atomic mass is 10.3. The van der Waals surface area contributed by atoms with Gasteiger partial charge in [-0.25, -0.2) is 0 Å². The Hall–Kier alpha value is -2.44. The monoisotopic (exact) mass is 298 g/mol. The predicted molar refractivity (Wildman–Crippen MR) is 73.0 cm³/mol. The van der Waals surface area contributed by atoms with Gasteiger partial charge in [0.25, 0.3) is 0 Å². The molecule has 0 aliphatic heterocycles. The van der Waals surface area contributed by atoms with Crippen LogP contribution in [0.4, 0.5) is 0 Å². The average molecular weight is 298 g/mol. The fourth-order valence-corrected chi connectivity index (χ4v) is 1.25. The molecule has 0 saturated carbocycles. The van der Waals surface area contributed by atoms with Crippen molar-refractivity contribution in [3.8, 4) is 0 Å². The molecule has 0 aromatic heterocycles. The van der Waals surface area contributed by atoms with Crippen LogP contribution in [0.2, 0.25) is 0 Å². The third-order valence-corrected chi connectivity index (χ3v) is 2.25. The summed E-state index contributed by atoms with van der Waals surface area (Å²) in [5.74, 6) is -1.28. The van der Waals surface area contributed by atoms with Gasteiger partial charge in [-0.05, 0) is 36.7 Å². The summed E-state index contributed by atoms with van der Waals surface area (Å²) in [5, 5.41) is 6.67. The zero-order valence-corrected chi connectivity index (χ0v) is 11.7. The van der Waals surface area contributed by atoms with E-state index >= 15 is 0 Å². The molecule has 0 aromatic rings. The van der Waals surface area contributed by atoms with Gasteiger partial charge in [0.2, 0.25) is 0 Å². The molecule has 0 radical (unpaired) electrons. The first kappa shape index (κ1) is 18.6. The van der Waals surface area contributed by atoms with E-state index in [0.29, 0.717) is 38.8 Å².